The molecule has 0 fully saturated rings. The van der Waals surface area contributed by atoms with Crippen LogP contribution in [0, 0.1) is 5.92 Å². The molecule has 0 N–H and O–H groups in total. The van der Waals surface area contributed by atoms with Gasteiger partial charge in [-0.25, -0.2) is 4.79 Å². The number of nitrogens with zero attached hydrogens (tertiary/aromatic N) is 2. The summed E-state index contributed by atoms with van der Waals surface area (Å²) in [5.41, 5.74) is 0.346. The van der Waals surface area contributed by atoms with Crippen LogP contribution in [0.3, 0.4) is 0 Å². The first-order chi connectivity index (χ1) is 8.93. The summed E-state index contributed by atoms with van der Waals surface area (Å²) in [6.45, 7) is 8.60. The second-order valence-electron chi connectivity index (χ2n) is 5.39. The Morgan fingerprint density at radius 2 is 2.05 bits per heavy atom. The van der Waals surface area contributed by atoms with E-state index >= 15 is 0 Å². The van der Waals surface area contributed by atoms with Crippen LogP contribution >= 0.6 is 0 Å². The van der Waals surface area contributed by atoms with Crippen molar-refractivity contribution in [2.75, 3.05) is 13.7 Å². The average molecular weight is 268 g/mol. The van der Waals surface area contributed by atoms with E-state index in [1.54, 1.807) is 24.1 Å². The van der Waals surface area contributed by atoms with Gasteiger partial charge in [-0.2, -0.15) is 5.10 Å². The van der Waals surface area contributed by atoms with Crippen molar-refractivity contribution in [3.8, 4) is 0 Å². The zero-order valence-electron chi connectivity index (χ0n) is 12.4. The van der Waals surface area contributed by atoms with Gasteiger partial charge in [0.1, 0.15) is 6.10 Å². The van der Waals surface area contributed by atoms with Crippen LogP contribution in [0.2, 0.25) is 0 Å². The van der Waals surface area contributed by atoms with E-state index in [1.807, 2.05) is 13.8 Å². The fraction of sp³-hybridized carbons (Fsp3) is 0.714. The van der Waals surface area contributed by atoms with Crippen molar-refractivity contribution in [1.82, 2.24) is 9.78 Å². The monoisotopic (exact) mass is 268 g/mol. The van der Waals surface area contributed by atoms with Crippen molar-refractivity contribution >= 4 is 5.97 Å². The molecule has 5 heteroatoms. The standard InChI is InChI=1S/C14H24N2O3/c1-10(2)8-12(9-18-5)19-14(17)13-6-7-16(15-13)11(3)4/h6-7,10-12H,8-9H2,1-5H3/t12-/m1/s1. The molecule has 1 atom stereocenters. The number of esters is 1. The molecule has 0 saturated carbocycles. The van der Waals surface area contributed by atoms with Gasteiger partial charge < -0.3 is 9.47 Å². The van der Waals surface area contributed by atoms with E-state index in [2.05, 4.69) is 18.9 Å². The first-order valence-corrected chi connectivity index (χ1v) is 6.69. The van der Waals surface area contributed by atoms with Crippen molar-refractivity contribution in [3.63, 3.8) is 0 Å². The number of hydrogen-bond acceptors (Lipinski definition) is 4. The molecule has 0 aliphatic heterocycles. The minimum atomic E-state index is -0.387. The van der Waals surface area contributed by atoms with E-state index in [4.69, 9.17) is 9.47 Å². The highest BCUT2D eigenvalue weighted by Gasteiger charge is 2.19. The van der Waals surface area contributed by atoms with Gasteiger partial charge in [0.15, 0.2) is 5.69 Å². The van der Waals surface area contributed by atoms with E-state index in [0.717, 1.165) is 6.42 Å². The quantitative estimate of drug-likeness (QED) is 0.713. The van der Waals surface area contributed by atoms with Gasteiger partial charge in [-0.3, -0.25) is 4.68 Å². The van der Waals surface area contributed by atoms with Crippen LogP contribution in [0.5, 0.6) is 0 Å². The fourth-order valence-corrected chi connectivity index (χ4v) is 1.81. The molecule has 0 radical (unpaired) electrons. The third-order valence-electron chi connectivity index (χ3n) is 2.71. The minimum Gasteiger partial charge on any atom is -0.455 e. The molecule has 0 saturated heterocycles. The maximum Gasteiger partial charge on any atom is 0.359 e. The average Bonchev–Trinajstić information content (AvgIpc) is 2.77. The Balaban J connectivity index is 2.64. The summed E-state index contributed by atoms with van der Waals surface area (Å²) in [5, 5.41) is 4.20. The zero-order chi connectivity index (χ0) is 14.4. The lowest BCUT2D eigenvalue weighted by molar-refractivity contribution is -0.00130. The van der Waals surface area contributed by atoms with Crippen molar-refractivity contribution in [2.45, 2.75) is 46.3 Å². The van der Waals surface area contributed by atoms with Crippen LogP contribution < -0.4 is 0 Å². The fourth-order valence-electron chi connectivity index (χ4n) is 1.81. The molecule has 5 nitrogen and oxygen atoms in total. The van der Waals surface area contributed by atoms with E-state index in [1.165, 1.54) is 0 Å². The summed E-state index contributed by atoms with van der Waals surface area (Å²) in [5.74, 6) is 0.0586. The highest BCUT2D eigenvalue weighted by atomic mass is 16.6. The van der Waals surface area contributed by atoms with Crippen molar-refractivity contribution < 1.29 is 14.3 Å². The third-order valence-corrected chi connectivity index (χ3v) is 2.71. The maximum atomic E-state index is 12.0. The Bertz CT molecular complexity index is 399. The molecular formula is C14H24N2O3. The largest absolute Gasteiger partial charge is 0.455 e. The molecule has 0 bridgehead atoms. The number of carbonyl (C=O) groups is 1. The topological polar surface area (TPSA) is 53.4 Å². The number of methoxy groups -OCH3 is 1. The second kappa shape index (κ2) is 7.28. The number of hydrogen-bond donors (Lipinski definition) is 0. The Morgan fingerprint density at radius 3 is 2.53 bits per heavy atom. The molecule has 0 unspecified atom stereocenters. The maximum absolute atomic E-state index is 12.0. The summed E-state index contributed by atoms with van der Waals surface area (Å²) in [4.78, 5) is 12.0. The van der Waals surface area contributed by atoms with E-state index in [0.29, 0.717) is 18.2 Å². The molecule has 19 heavy (non-hydrogen) atoms. The normalized spacial score (nSPS) is 13.0. The first kappa shape index (κ1) is 15.7. The third kappa shape index (κ3) is 5.03. The molecule has 1 heterocycles. The molecular weight excluding hydrogens is 244 g/mol. The van der Waals surface area contributed by atoms with Crippen LogP contribution in [0.4, 0.5) is 0 Å². The highest BCUT2D eigenvalue weighted by Crippen LogP contribution is 2.12. The molecule has 1 aromatic heterocycles. The molecule has 0 amide bonds. The Labute approximate surface area is 114 Å². The van der Waals surface area contributed by atoms with Gasteiger partial charge in [0, 0.05) is 19.3 Å². The van der Waals surface area contributed by atoms with Gasteiger partial charge in [-0.05, 0) is 32.3 Å². The van der Waals surface area contributed by atoms with Gasteiger partial charge >= 0.3 is 5.97 Å². The molecule has 108 valence electrons. The van der Waals surface area contributed by atoms with E-state index in [9.17, 15) is 4.79 Å². The number of aromatic nitrogens is 2. The summed E-state index contributed by atoms with van der Waals surface area (Å²) in [7, 11) is 1.61. The van der Waals surface area contributed by atoms with Gasteiger partial charge in [-0.15, -0.1) is 0 Å². The van der Waals surface area contributed by atoms with Crippen LogP contribution in [0.25, 0.3) is 0 Å². The number of carbonyl (C=O) groups excluding carboxylic acids is 1. The van der Waals surface area contributed by atoms with Crippen LogP contribution in [0.15, 0.2) is 12.3 Å². The van der Waals surface area contributed by atoms with E-state index < -0.39 is 0 Å². The predicted octanol–water partition coefficient (Wildman–Crippen LogP) is 2.68. The molecule has 1 aromatic rings. The summed E-state index contributed by atoms with van der Waals surface area (Å²) < 4.78 is 12.3. The van der Waals surface area contributed by atoms with Crippen molar-refractivity contribution in [1.29, 1.82) is 0 Å². The first-order valence-electron chi connectivity index (χ1n) is 6.69. The lowest BCUT2D eigenvalue weighted by Gasteiger charge is -2.18. The molecule has 0 aromatic carbocycles. The Hall–Kier alpha value is -1.36. The molecule has 0 spiro atoms. The van der Waals surface area contributed by atoms with Gasteiger partial charge in [0.2, 0.25) is 0 Å². The Morgan fingerprint density at radius 1 is 1.37 bits per heavy atom. The van der Waals surface area contributed by atoms with Gasteiger partial charge in [-0.1, -0.05) is 13.8 Å². The SMILES string of the molecule is COC[C@@H](CC(C)C)OC(=O)c1ccn(C(C)C)n1. The van der Waals surface area contributed by atoms with Crippen molar-refractivity contribution in [2.24, 2.45) is 5.92 Å². The second-order valence-corrected chi connectivity index (χ2v) is 5.39. The molecule has 1 rings (SSSR count). The summed E-state index contributed by atoms with van der Waals surface area (Å²) in [6.07, 6.45) is 2.35. The van der Waals surface area contributed by atoms with Crippen LogP contribution in [-0.4, -0.2) is 35.6 Å². The smallest absolute Gasteiger partial charge is 0.359 e. The van der Waals surface area contributed by atoms with Crippen molar-refractivity contribution in [3.05, 3.63) is 18.0 Å². The van der Waals surface area contributed by atoms with Gasteiger partial charge in [0.25, 0.3) is 0 Å². The molecule has 0 aliphatic rings. The lowest BCUT2D eigenvalue weighted by atomic mass is 10.1. The number of rotatable bonds is 7. The summed E-state index contributed by atoms with van der Waals surface area (Å²) >= 11 is 0. The summed E-state index contributed by atoms with van der Waals surface area (Å²) in [6, 6.07) is 1.91. The molecule has 0 aliphatic carbocycles. The van der Waals surface area contributed by atoms with Gasteiger partial charge in [0.05, 0.1) is 6.61 Å². The lowest BCUT2D eigenvalue weighted by Crippen LogP contribution is -2.25. The van der Waals surface area contributed by atoms with E-state index in [-0.39, 0.29) is 18.1 Å². The number of ether oxygens (including phenoxy) is 2. The zero-order valence-corrected chi connectivity index (χ0v) is 12.4. The van der Waals surface area contributed by atoms with Crippen LogP contribution in [-0.2, 0) is 9.47 Å². The highest BCUT2D eigenvalue weighted by molar-refractivity contribution is 5.87. The predicted molar refractivity (Wildman–Crippen MR) is 73.1 cm³/mol. The minimum absolute atomic E-state index is 0.221. The Kier molecular flexibility index (Phi) is 6.02. The van der Waals surface area contributed by atoms with Crippen LogP contribution in [0.1, 0.15) is 50.6 Å².